The van der Waals surface area contributed by atoms with E-state index in [1.807, 2.05) is 0 Å². The molecule has 1 N–H and O–H groups in total. The van der Waals surface area contributed by atoms with E-state index < -0.39 is 5.97 Å². The maximum absolute atomic E-state index is 10.9. The average Bonchev–Trinajstić information content (AvgIpc) is 2.70. The summed E-state index contributed by atoms with van der Waals surface area (Å²) in [6.45, 7) is 1.73. The van der Waals surface area contributed by atoms with E-state index in [4.69, 9.17) is 5.11 Å². The molecule has 0 saturated carbocycles. The van der Waals surface area contributed by atoms with Gasteiger partial charge in [0.15, 0.2) is 5.69 Å². The van der Waals surface area contributed by atoms with Gasteiger partial charge in [-0.25, -0.2) is 14.5 Å². The molecular weight excluding hydrogens is 219 g/mol. The van der Waals surface area contributed by atoms with E-state index in [9.17, 15) is 4.79 Å². The van der Waals surface area contributed by atoms with Gasteiger partial charge in [-0.05, 0) is 19.1 Å². The van der Waals surface area contributed by atoms with Crippen molar-refractivity contribution in [3.8, 4) is 5.69 Å². The zero-order chi connectivity index (χ0) is 10.8. The molecule has 2 heterocycles. The molecule has 78 valence electrons. The van der Waals surface area contributed by atoms with Gasteiger partial charge in [-0.1, -0.05) is 5.21 Å². The van der Waals surface area contributed by atoms with Gasteiger partial charge < -0.3 is 5.11 Å². The van der Waals surface area contributed by atoms with Crippen LogP contribution < -0.4 is 0 Å². The number of pyridine rings is 1. The fourth-order valence-corrected chi connectivity index (χ4v) is 1.23. The fraction of sp³-hybridized carbons (Fsp3) is 0.111. The Morgan fingerprint density at radius 2 is 2.19 bits per heavy atom. The van der Waals surface area contributed by atoms with Crippen LogP contribution in [0, 0.1) is 6.92 Å². The van der Waals surface area contributed by atoms with Crippen molar-refractivity contribution in [2.45, 2.75) is 6.92 Å². The van der Waals surface area contributed by atoms with E-state index >= 15 is 0 Å². The van der Waals surface area contributed by atoms with Crippen molar-refractivity contribution in [3.05, 3.63) is 35.9 Å². The Labute approximate surface area is 114 Å². The van der Waals surface area contributed by atoms with Crippen LogP contribution in [-0.2, 0) is 0 Å². The molecule has 6 nitrogen and oxygen atoms in total. The standard InChI is InChI=1S/C9H8N4O2.Na.H/c1-6-2-3-7(8(11-6)9(14)15)13-5-4-10-12-13;;/h2-5H,1H3,(H,14,15);;. The number of carbonyl (C=O) groups is 1. The van der Waals surface area contributed by atoms with Crippen LogP contribution in [-0.4, -0.2) is 60.6 Å². The summed E-state index contributed by atoms with van der Waals surface area (Å²) in [4.78, 5) is 14.9. The normalized spacial score (nSPS) is 9.56. The molecule has 0 spiro atoms. The van der Waals surface area contributed by atoms with Gasteiger partial charge in [-0.3, -0.25) is 0 Å². The van der Waals surface area contributed by atoms with Crippen molar-refractivity contribution in [1.29, 1.82) is 0 Å². The van der Waals surface area contributed by atoms with Crippen LogP contribution in [0.5, 0.6) is 0 Å². The predicted octanol–water partition coefficient (Wildman–Crippen LogP) is 0.0204. The summed E-state index contributed by atoms with van der Waals surface area (Å²) in [5, 5.41) is 16.3. The molecule has 16 heavy (non-hydrogen) atoms. The topological polar surface area (TPSA) is 80.9 Å². The summed E-state index contributed by atoms with van der Waals surface area (Å²) in [5.41, 5.74) is 1.03. The molecule has 0 aliphatic heterocycles. The maximum atomic E-state index is 10.9. The molecule has 0 bridgehead atoms. The van der Waals surface area contributed by atoms with Crippen molar-refractivity contribution in [3.63, 3.8) is 0 Å². The third kappa shape index (κ3) is 2.46. The molecule has 7 heteroatoms. The van der Waals surface area contributed by atoms with Gasteiger partial charge in [-0.2, -0.15) is 0 Å². The third-order valence-corrected chi connectivity index (χ3v) is 1.89. The molecular formula is C9H9N4NaO2. The molecule has 0 aliphatic carbocycles. The van der Waals surface area contributed by atoms with Crippen LogP contribution in [0.1, 0.15) is 16.2 Å². The van der Waals surface area contributed by atoms with E-state index in [1.54, 1.807) is 25.3 Å². The number of aromatic carboxylic acids is 1. The van der Waals surface area contributed by atoms with E-state index in [1.165, 1.54) is 10.9 Å². The Balaban J connectivity index is 0.00000128. The quantitative estimate of drug-likeness (QED) is 0.733. The SMILES string of the molecule is Cc1ccc(-n2ccnn2)c(C(=O)O)n1.[NaH]. The van der Waals surface area contributed by atoms with Gasteiger partial charge in [0.25, 0.3) is 0 Å². The number of aromatic nitrogens is 4. The number of hydrogen-bond acceptors (Lipinski definition) is 4. The molecule has 0 saturated heterocycles. The Morgan fingerprint density at radius 1 is 1.44 bits per heavy atom. The first-order valence-electron chi connectivity index (χ1n) is 4.26. The monoisotopic (exact) mass is 228 g/mol. The summed E-state index contributed by atoms with van der Waals surface area (Å²) in [6.07, 6.45) is 3.05. The molecule has 0 aromatic carbocycles. The first kappa shape index (κ1) is 12.8. The van der Waals surface area contributed by atoms with Crippen LogP contribution in [0.3, 0.4) is 0 Å². The van der Waals surface area contributed by atoms with E-state index in [2.05, 4.69) is 15.3 Å². The van der Waals surface area contributed by atoms with Crippen molar-refractivity contribution >= 4 is 35.5 Å². The van der Waals surface area contributed by atoms with Crippen molar-refractivity contribution in [2.24, 2.45) is 0 Å². The Kier molecular flexibility index (Phi) is 4.17. The molecule has 0 aliphatic rings. The number of aryl methyl sites for hydroxylation is 1. The van der Waals surface area contributed by atoms with Gasteiger partial charge in [0.2, 0.25) is 0 Å². The van der Waals surface area contributed by atoms with Crippen LogP contribution in [0.15, 0.2) is 24.5 Å². The minimum absolute atomic E-state index is 0. The predicted molar refractivity (Wildman–Crippen MR) is 58.0 cm³/mol. The summed E-state index contributed by atoms with van der Waals surface area (Å²) < 4.78 is 1.37. The van der Waals surface area contributed by atoms with Gasteiger partial charge in [0.05, 0.1) is 18.1 Å². The first-order valence-corrected chi connectivity index (χ1v) is 4.26. The second-order valence-electron chi connectivity index (χ2n) is 2.97. The number of carboxylic acid groups (broad SMARTS) is 1. The molecule has 2 aromatic heterocycles. The summed E-state index contributed by atoms with van der Waals surface area (Å²) in [6, 6.07) is 3.38. The van der Waals surface area contributed by atoms with Crippen molar-refractivity contribution < 1.29 is 9.90 Å². The van der Waals surface area contributed by atoms with Crippen molar-refractivity contribution in [1.82, 2.24) is 20.0 Å². The zero-order valence-electron chi connectivity index (χ0n) is 7.95. The molecule has 0 radical (unpaired) electrons. The van der Waals surface area contributed by atoms with Gasteiger partial charge in [0.1, 0.15) is 0 Å². The molecule has 0 amide bonds. The van der Waals surface area contributed by atoms with E-state index in [-0.39, 0.29) is 35.3 Å². The summed E-state index contributed by atoms with van der Waals surface area (Å²) >= 11 is 0. The molecule has 2 aromatic rings. The third-order valence-electron chi connectivity index (χ3n) is 1.89. The number of rotatable bonds is 2. The van der Waals surface area contributed by atoms with Crippen LogP contribution in [0.4, 0.5) is 0 Å². The number of hydrogen-bond donors (Lipinski definition) is 1. The molecule has 0 unspecified atom stereocenters. The fourth-order valence-electron chi connectivity index (χ4n) is 1.23. The Hall–Kier alpha value is -1.24. The second-order valence-corrected chi connectivity index (χ2v) is 2.97. The summed E-state index contributed by atoms with van der Waals surface area (Å²) in [5.74, 6) is -1.08. The van der Waals surface area contributed by atoms with Gasteiger partial charge >= 0.3 is 35.5 Å². The first-order chi connectivity index (χ1) is 7.18. The van der Waals surface area contributed by atoms with Crippen LogP contribution in [0.2, 0.25) is 0 Å². The van der Waals surface area contributed by atoms with Gasteiger partial charge in [-0.15, -0.1) is 5.10 Å². The molecule has 0 atom stereocenters. The number of nitrogens with zero attached hydrogens (tertiary/aromatic N) is 4. The molecule has 0 fully saturated rings. The van der Waals surface area contributed by atoms with Crippen LogP contribution in [0.25, 0.3) is 5.69 Å². The van der Waals surface area contributed by atoms with Gasteiger partial charge in [0, 0.05) is 5.69 Å². The van der Waals surface area contributed by atoms with E-state index in [0.717, 1.165) is 0 Å². The Morgan fingerprint density at radius 3 is 2.75 bits per heavy atom. The number of carboxylic acids is 1. The summed E-state index contributed by atoms with van der Waals surface area (Å²) in [7, 11) is 0. The zero-order valence-corrected chi connectivity index (χ0v) is 7.95. The van der Waals surface area contributed by atoms with Crippen LogP contribution >= 0.6 is 0 Å². The molecule has 2 rings (SSSR count). The van der Waals surface area contributed by atoms with Crippen molar-refractivity contribution in [2.75, 3.05) is 0 Å². The second kappa shape index (κ2) is 5.20. The Bertz CT molecular complexity index is 498. The minimum atomic E-state index is -1.08. The average molecular weight is 228 g/mol. The van der Waals surface area contributed by atoms with E-state index in [0.29, 0.717) is 11.4 Å².